The van der Waals surface area contributed by atoms with E-state index >= 15 is 0 Å². The number of hydrogen-bond donors (Lipinski definition) is 0. The smallest absolute Gasteiger partial charge is 0.233 e. The molecule has 0 N–H and O–H groups in total. The van der Waals surface area contributed by atoms with Crippen LogP contribution in [0.25, 0.3) is 0 Å². The van der Waals surface area contributed by atoms with E-state index in [1.807, 2.05) is 29.2 Å². The Labute approximate surface area is 150 Å². The Morgan fingerprint density at radius 2 is 1.96 bits per heavy atom. The molecule has 2 aromatic carbocycles. The molecule has 0 saturated carbocycles. The number of morpholine rings is 1. The second-order valence-electron chi connectivity index (χ2n) is 5.71. The molecule has 1 unspecified atom stereocenters. The molecule has 132 valence electrons. The molecule has 1 aliphatic heterocycles. The van der Waals surface area contributed by atoms with Crippen LogP contribution in [0.4, 0.5) is 4.39 Å². The Hall–Kier alpha value is -2.05. The van der Waals surface area contributed by atoms with Crippen molar-refractivity contribution in [2.75, 3.05) is 32.6 Å². The molecular formula is C19H20FNO3S. The van der Waals surface area contributed by atoms with E-state index in [-0.39, 0.29) is 17.8 Å². The minimum absolute atomic E-state index is 0.0798. The monoisotopic (exact) mass is 361 g/mol. The summed E-state index contributed by atoms with van der Waals surface area (Å²) in [5.74, 6) is 0.980. The Morgan fingerprint density at radius 1 is 1.24 bits per heavy atom. The predicted molar refractivity (Wildman–Crippen MR) is 95.4 cm³/mol. The van der Waals surface area contributed by atoms with Crippen LogP contribution in [0.15, 0.2) is 53.4 Å². The van der Waals surface area contributed by atoms with E-state index in [2.05, 4.69) is 0 Å². The van der Waals surface area contributed by atoms with Crippen LogP contribution in [0.1, 0.15) is 11.7 Å². The van der Waals surface area contributed by atoms with Gasteiger partial charge in [0.05, 0.1) is 26.0 Å². The quantitative estimate of drug-likeness (QED) is 0.764. The van der Waals surface area contributed by atoms with Gasteiger partial charge in [0.25, 0.3) is 0 Å². The zero-order valence-corrected chi connectivity index (χ0v) is 14.8. The molecule has 4 nitrogen and oxygen atoms in total. The van der Waals surface area contributed by atoms with Crippen LogP contribution in [0.3, 0.4) is 0 Å². The Balaban J connectivity index is 1.55. The number of amides is 1. The summed E-state index contributed by atoms with van der Waals surface area (Å²) in [5, 5.41) is 0. The van der Waals surface area contributed by atoms with Gasteiger partial charge in [0.15, 0.2) is 0 Å². The van der Waals surface area contributed by atoms with Gasteiger partial charge in [-0.05, 0) is 42.0 Å². The second-order valence-corrected chi connectivity index (χ2v) is 6.76. The normalized spacial score (nSPS) is 17.4. The number of nitrogens with zero attached hydrogens (tertiary/aromatic N) is 1. The maximum Gasteiger partial charge on any atom is 0.233 e. The van der Waals surface area contributed by atoms with Crippen molar-refractivity contribution in [3.05, 3.63) is 59.9 Å². The number of carbonyl (C=O) groups excluding carboxylic acids is 1. The van der Waals surface area contributed by atoms with Gasteiger partial charge in [0.1, 0.15) is 17.7 Å². The van der Waals surface area contributed by atoms with Crippen molar-refractivity contribution in [3.8, 4) is 5.75 Å². The van der Waals surface area contributed by atoms with Gasteiger partial charge in [0.2, 0.25) is 5.91 Å². The molecule has 1 heterocycles. The van der Waals surface area contributed by atoms with Crippen LogP contribution in [-0.2, 0) is 9.53 Å². The van der Waals surface area contributed by atoms with E-state index in [0.29, 0.717) is 25.4 Å². The molecule has 0 aliphatic carbocycles. The number of benzene rings is 2. The van der Waals surface area contributed by atoms with E-state index in [9.17, 15) is 9.18 Å². The van der Waals surface area contributed by atoms with Crippen LogP contribution in [0, 0.1) is 5.82 Å². The van der Waals surface area contributed by atoms with Gasteiger partial charge in [-0.25, -0.2) is 4.39 Å². The number of rotatable bonds is 5. The molecule has 0 radical (unpaired) electrons. The zero-order valence-electron chi connectivity index (χ0n) is 14.0. The molecule has 1 atom stereocenters. The molecule has 1 saturated heterocycles. The van der Waals surface area contributed by atoms with Gasteiger partial charge in [-0.2, -0.15) is 0 Å². The Kier molecular flexibility index (Phi) is 5.94. The summed E-state index contributed by atoms with van der Waals surface area (Å²) >= 11 is 1.50. The SMILES string of the molecule is COc1ccc(SCC(=O)N2CCOC(c3ccc(F)cc3)C2)cc1. The fraction of sp³-hybridized carbons (Fsp3) is 0.316. The Morgan fingerprint density at radius 3 is 2.64 bits per heavy atom. The third-order valence-corrected chi connectivity index (χ3v) is 5.08. The van der Waals surface area contributed by atoms with Crippen molar-refractivity contribution < 1.29 is 18.7 Å². The summed E-state index contributed by atoms with van der Waals surface area (Å²) in [6.07, 6.45) is -0.204. The van der Waals surface area contributed by atoms with Gasteiger partial charge in [0, 0.05) is 11.4 Å². The van der Waals surface area contributed by atoms with Gasteiger partial charge < -0.3 is 14.4 Å². The van der Waals surface area contributed by atoms with Crippen molar-refractivity contribution in [2.45, 2.75) is 11.0 Å². The highest BCUT2D eigenvalue weighted by Crippen LogP contribution is 2.25. The summed E-state index contributed by atoms with van der Waals surface area (Å²) in [4.78, 5) is 15.3. The molecule has 6 heteroatoms. The first-order chi connectivity index (χ1) is 12.2. The summed E-state index contributed by atoms with van der Waals surface area (Å²) in [6, 6.07) is 13.9. The minimum Gasteiger partial charge on any atom is -0.497 e. The van der Waals surface area contributed by atoms with E-state index in [0.717, 1.165) is 16.2 Å². The first-order valence-electron chi connectivity index (χ1n) is 8.07. The Bertz CT molecular complexity index is 706. The van der Waals surface area contributed by atoms with E-state index in [4.69, 9.17) is 9.47 Å². The summed E-state index contributed by atoms with van der Waals surface area (Å²) in [7, 11) is 1.63. The first-order valence-corrected chi connectivity index (χ1v) is 9.06. The van der Waals surface area contributed by atoms with E-state index in [1.54, 1.807) is 19.2 Å². The van der Waals surface area contributed by atoms with Gasteiger partial charge in [-0.1, -0.05) is 12.1 Å². The molecule has 1 amide bonds. The topological polar surface area (TPSA) is 38.8 Å². The lowest BCUT2D eigenvalue weighted by Gasteiger charge is -2.33. The molecule has 1 aliphatic rings. The number of thioether (sulfide) groups is 1. The summed E-state index contributed by atoms with van der Waals surface area (Å²) < 4.78 is 23.9. The molecule has 25 heavy (non-hydrogen) atoms. The number of halogens is 1. The van der Waals surface area contributed by atoms with E-state index in [1.165, 1.54) is 23.9 Å². The van der Waals surface area contributed by atoms with Crippen molar-refractivity contribution in [2.24, 2.45) is 0 Å². The maximum atomic E-state index is 13.1. The van der Waals surface area contributed by atoms with Crippen LogP contribution in [0.5, 0.6) is 5.75 Å². The van der Waals surface area contributed by atoms with Crippen molar-refractivity contribution in [3.63, 3.8) is 0 Å². The lowest BCUT2D eigenvalue weighted by atomic mass is 10.1. The molecule has 0 bridgehead atoms. The number of carbonyl (C=O) groups is 1. The highest BCUT2D eigenvalue weighted by molar-refractivity contribution is 8.00. The van der Waals surface area contributed by atoms with Gasteiger partial charge in [-0.3, -0.25) is 4.79 Å². The van der Waals surface area contributed by atoms with Crippen LogP contribution in [0.2, 0.25) is 0 Å². The third-order valence-electron chi connectivity index (χ3n) is 4.08. The lowest BCUT2D eigenvalue weighted by Crippen LogP contribution is -2.43. The molecule has 1 fully saturated rings. The molecule has 3 rings (SSSR count). The van der Waals surface area contributed by atoms with Gasteiger partial charge >= 0.3 is 0 Å². The van der Waals surface area contributed by atoms with E-state index < -0.39 is 0 Å². The third kappa shape index (κ3) is 4.74. The number of methoxy groups -OCH3 is 1. The minimum atomic E-state index is -0.275. The first kappa shape index (κ1) is 17.8. The lowest BCUT2D eigenvalue weighted by molar-refractivity contribution is -0.136. The largest absolute Gasteiger partial charge is 0.497 e. The van der Waals surface area contributed by atoms with Crippen LogP contribution in [-0.4, -0.2) is 43.4 Å². The van der Waals surface area contributed by atoms with Crippen molar-refractivity contribution in [1.82, 2.24) is 4.90 Å². The number of ether oxygens (including phenoxy) is 2. The zero-order chi connectivity index (χ0) is 17.6. The fourth-order valence-electron chi connectivity index (χ4n) is 2.66. The molecule has 2 aromatic rings. The number of hydrogen-bond acceptors (Lipinski definition) is 4. The molecule has 0 aromatic heterocycles. The fourth-order valence-corrected chi connectivity index (χ4v) is 3.46. The van der Waals surface area contributed by atoms with Gasteiger partial charge in [-0.15, -0.1) is 11.8 Å². The van der Waals surface area contributed by atoms with Crippen molar-refractivity contribution in [1.29, 1.82) is 0 Å². The highest BCUT2D eigenvalue weighted by Gasteiger charge is 2.25. The second kappa shape index (κ2) is 8.36. The average molecular weight is 361 g/mol. The maximum absolute atomic E-state index is 13.1. The summed E-state index contributed by atoms with van der Waals surface area (Å²) in [5.41, 5.74) is 0.890. The molecular weight excluding hydrogens is 341 g/mol. The highest BCUT2D eigenvalue weighted by atomic mass is 32.2. The summed E-state index contributed by atoms with van der Waals surface area (Å²) in [6.45, 7) is 1.56. The predicted octanol–water partition coefficient (Wildman–Crippen LogP) is 3.53. The van der Waals surface area contributed by atoms with Crippen LogP contribution >= 0.6 is 11.8 Å². The standard InChI is InChI=1S/C19H20FNO3S/c1-23-16-6-8-17(9-7-16)25-13-19(22)21-10-11-24-18(12-21)14-2-4-15(20)5-3-14/h2-9,18H,10-13H2,1H3. The average Bonchev–Trinajstić information content (AvgIpc) is 2.67. The molecule has 0 spiro atoms. The van der Waals surface area contributed by atoms with Crippen molar-refractivity contribution >= 4 is 17.7 Å². The van der Waals surface area contributed by atoms with Crippen LogP contribution < -0.4 is 4.74 Å².